The third-order valence-electron chi connectivity index (χ3n) is 1.66. The lowest BCUT2D eigenvalue weighted by Gasteiger charge is -2.10. The van der Waals surface area contributed by atoms with Crippen LogP contribution in [0.2, 0.25) is 0 Å². The number of carbonyl (C=O) groups is 1. The summed E-state index contributed by atoms with van der Waals surface area (Å²) in [7, 11) is 0. The van der Waals surface area contributed by atoms with E-state index >= 15 is 0 Å². The molecule has 1 amide bonds. The molecule has 7 heteroatoms. The van der Waals surface area contributed by atoms with E-state index in [0.717, 1.165) is 12.1 Å². The van der Waals surface area contributed by atoms with Crippen molar-refractivity contribution in [3.63, 3.8) is 0 Å². The molecule has 0 aliphatic rings. The zero-order valence-electron chi connectivity index (χ0n) is 7.79. The van der Waals surface area contributed by atoms with Crippen LogP contribution >= 0.6 is 11.6 Å². The highest BCUT2D eigenvalue weighted by molar-refractivity contribution is 6.30. The van der Waals surface area contributed by atoms with Crippen molar-refractivity contribution in [3.8, 4) is 5.75 Å². The fourth-order valence-corrected chi connectivity index (χ4v) is 1.15. The Morgan fingerprint density at radius 2 is 1.81 bits per heavy atom. The Balaban J connectivity index is 2.79. The minimum Gasteiger partial charge on any atom is -0.406 e. The van der Waals surface area contributed by atoms with Crippen molar-refractivity contribution in [1.82, 2.24) is 0 Å². The molecule has 0 heterocycles. The van der Waals surface area contributed by atoms with Gasteiger partial charge in [0.05, 0.1) is 0 Å². The van der Waals surface area contributed by atoms with Gasteiger partial charge in [-0.15, -0.1) is 24.8 Å². The van der Waals surface area contributed by atoms with E-state index in [9.17, 15) is 18.0 Å². The number of hydrogen-bond acceptors (Lipinski definition) is 2. The third-order valence-corrected chi connectivity index (χ3v) is 2.12. The van der Waals surface area contributed by atoms with Crippen molar-refractivity contribution in [2.24, 2.45) is 5.73 Å². The monoisotopic (exact) mass is 253 g/mol. The quantitative estimate of drug-likeness (QED) is 0.841. The molecule has 2 N–H and O–H groups in total. The molecule has 0 spiro atoms. The van der Waals surface area contributed by atoms with Gasteiger partial charge in [-0.2, -0.15) is 0 Å². The van der Waals surface area contributed by atoms with E-state index in [0.29, 0.717) is 5.56 Å². The first-order chi connectivity index (χ1) is 7.29. The normalized spacial score (nSPS) is 13.2. The van der Waals surface area contributed by atoms with Crippen LogP contribution in [0.15, 0.2) is 24.3 Å². The number of nitrogens with two attached hydrogens (primary N) is 1. The van der Waals surface area contributed by atoms with Crippen LogP contribution in [-0.4, -0.2) is 12.3 Å². The Hall–Kier alpha value is -1.43. The van der Waals surface area contributed by atoms with Crippen molar-refractivity contribution < 1.29 is 22.7 Å². The van der Waals surface area contributed by atoms with Crippen LogP contribution in [0.1, 0.15) is 10.9 Å². The van der Waals surface area contributed by atoms with Gasteiger partial charge in [0.1, 0.15) is 11.1 Å². The maximum Gasteiger partial charge on any atom is 0.573 e. The first-order valence-electron chi connectivity index (χ1n) is 4.08. The number of rotatable bonds is 3. The minimum atomic E-state index is -4.74. The topological polar surface area (TPSA) is 52.3 Å². The summed E-state index contributed by atoms with van der Waals surface area (Å²) in [4.78, 5) is 10.7. The fraction of sp³-hybridized carbons (Fsp3) is 0.222. The van der Waals surface area contributed by atoms with Gasteiger partial charge in [0.2, 0.25) is 5.91 Å². The molecule has 0 radical (unpaired) electrons. The van der Waals surface area contributed by atoms with E-state index < -0.39 is 17.6 Å². The molecule has 0 bridgehead atoms. The smallest absolute Gasteiger partial charge is 0.406 e. The van der Waals surface area contributed by atoms with Crippen LogP contribution in [0.3, 0.4) is 0 Å². The number of benzene rings is 1. The molecule has 0 aliphatic carbocycles. The van der Waals surface area contributed by atoms with Gasteiger partial charge in [0.15, 0.2) is 0 Å². The second kappa shape index (κ2) is 4.61. The van der Waals surface area contributed by atoms with Crippen LogP contribution < -0.4 is 10.5 Å². The molecule has 0 fully saturated rings. The lowest BCUT2D eigenvalue weighted by atomic mass is 10.1. The van der Waals surface area contributed by atoms with Crippen LogP contribution in [0.4, 0.5) is 13.2 Å². The second-order valence-corrected chi connectivity index (χ2v) is 3.32. The van der Waals surface area contributed by atoms with Gasteiger partial charge in [-0.05, 0) is 17.7 Å². The predicted molar refractivity (Wildman–Crippen MR) is 50.9 cm³/mol. The molecule has 1 unspecified atom stereocenters. The predicted octanol–water partition coefficient (Wildman–Crippen LogP) is 2.35. The summed E-state index contributed by atoms with van der Waals surface area (Å²) in [6, 6.07) is 4.59. The Morgan fingerprint density at radius 3 is 2.19 bits per heavy atom. The molecule has 0 aliphatic heterocycles. The van der Waals surface area contributed by atoms with E-state index in [1.807, 2.05) is 0 Å². The third kappa shape index (κ3) is 3.62. The highest BCUT2D eigenvalue weighted by Gasteiger charge is 2.31. The van der Waals surface area contributed by atoms with Gasteiger partial charge < -0.3 is 10.5 Å². The van der Waals surface area contributed by atoms with Gasteiger partial charge in [0, 0.05) is 0 Å². The lowest BCUT2D eigenvalue weighted by molar-refractivity contribution is -0.274. The van der Waals surface area contributed by atoms with Crippen LogP contribution in [0, 0.1) is 0 Å². The maximum atomic E-state index is 11.8. The number of carbonyl (C=O) groups excluding carboxylic acids is 1. The molecular formula is C9H7ClF3NO2. The van der Waals surface area contributed by atoms with Crippen molar-refractivity contribution in [1.29, 1.82) is 0 Å². The molecule has 16 heavy (non-hydrogen) atoms. The first-order valence-corrected chi connectivity index (χ1v) is 4.52. The highest BCUT2D eigenvalue weighted by Crippen LogP contribution is 2.26. The summed E-state index contributed by atoms with van der Waals surface area (Å²) in [6.07, 6.45) is -4.74. The van der Waals surface area contributed by atoms with E-state index in [1.165, 1.54) is 12.1 Å². The molecule has 88 valence electrons. The Bertz CT molecular complexity index is 377. The molecule has 1 atom stereocenters. The van der Waals surface area contributed by atoms with Crippen molar-refractivity contribution in [2.75, 3.05) is 0 Å². The summed E-state index contributed by atoms with van der Waals surface area (Å²) >= 11 is 5.59. The Morgan fingerprint density at radius 1 is 1.31 bits per heavy atom. The molecule has 1 rings (SSSR count). The standard InChI is InChI=1S/C9H7ClF3NO2/c10-7(8(14)15)5-1-3-6(4-2-5)16-9(11,12)13/h1-4,7H,(H2,14,15). The number of halogens is 4. The van der Waals surface area contributed by atoms with Crippen molar-refractivity contribution >= 4 is 17.5 Å². The number of amides is 1. The second-order valence-electron chi connectivity index (χ2n) is 2.88. The minimum absolute atomic E-state index is 0.309. The lowest BCUT2D eigenvalue weighted by Crippen LogP contribution is -2.18. The Kier molecular flexibility index (Phi) is 3.64. The molecular weight excluding hydrogens is 247 g/mol. The number of alkyl halides is 4. The fourth-order valence-electron chi connectivity index (χ4n) is 1.00. The van der Waals surface area contributed by atoms with Crippen LogP contribution in [-0.2, 0) is 4.79 Å². The number of ether oxygens (including phenoxy) is 1. The zero-order valence-corrected chi connectivity index (χ0v) is 8.55. The number of hydrogen-bond donors (Lipinski definition) is 1. The molecule has 0 aromatic heterocycles. The van der Waals surface area contributed by atoms with Gasteiger partial charge in [-0.25, -0.2) is 0 Å². The van der Waals surface area contributed by atoms with Gasteiger partial charge in [0.25, 0.3) is 0 Å². The van der Waals surface area contributed by atoms with Crippen LogP contribution in [0.5, 0.6) is 5.75 Å². The average Bonchev–Trinajstić information content (AvgIpc) is 2.15. The maximum absolute atomic E-state index is 11.8. The van der Waals surface area contributed by atoms with E-state index in [1.54, 1.807) is 0 Å². The van der Waals surface area contributed by atoms with E-state index in [-0.39, 0.29) is 5.75 Å². The van der Waals surface area contributed by atoms with E-state index in [4.69, 9.17) is 17.3 Å². The van der Waals surface area contributed by atoms with Crippen LogP contribution in [0.25, 0.3) is 0 Å². The summed E-state index contributed by atoms with van der Waals surface area (Å²) in [5, 5.41) is -1.07. The highest BCUT2D eigenvalue weighted by atomic mass is 35.5. The SMILES string of the molecule is NC(=O)C(Cl)c1ccc(OC(F)(F)F)cc1. The summed E-state index contributed by atoms with van der Waals surface area (Å²) in [5.74, 6) is -1.16. The first kappa shape index (κ1) is 12.6. The molecule has 1 aromatic rings. The summed E-state index contributed by atoms with van der Waals surface area (Å²) in [5.41, 5.74) is 5.23. The summed E-state index contributed by atoms with van der Waals surface area (Å²) in [6.45, 7) is 0. The van der Waals surface area contributed by atoms with Crippen molar-refractivity contribution in [2.45, 2.75) is 11.7 Å². The average molecular weight is 254 g/mol. The van der Waals surface area contributed by atoms with Crippen molar-refractivity contribution in [3.05, 3.63) is 29.8 Å². The number of primary amides is 1. The van der Waals surface area contributed by atoms with Gasteiger partial charge in [-0.3, -0.25) is 4.79 Å². The zero-order chi connectivity index (χ0) is 12.3. The molecule has 1 aromatic carbocycles. The van der Waals surface area contributed by atoms with E-state index in [2.05, 4.69) is 4.74 Å². The van der Waals surface area contributed by atoms with Gasteiger partial charge in [-0.1, -0.05) is 12.1 Å². The molecule has 0 saturated carbocycles. The summed E-state index contributed by atoms with van der Waals surface area (Å²) < 4.78 is 39.1. The Labute approximate surface area is 93.9 Å². The van der Waals surface area contributed by atoms with Gasteiger partial charge >= 0.3 is 6.36 Å². The largest absolute Gasteiger partial charge is 0.573 e. The molecule has 0 saturated heterocycles. The molecule has 3 nitrogen and oxygen atoms in total.